The van der Waals surface area contributed by atoms with Crippen LogP contribution in [0.25, 0.3) is 0 Å². The Morgan fingerprint density at radius 1 is 1.35 bits per heavy atom. The van der Waals surface area contributed by atoms with Crippen LogP contribution in [-0.4, -0.2) is 61.0 Å². The molecule has 0 bridgehead atoms. The Hall–Kier alpha value is -0.960. The van der Waals surface area contributed by atoms with Gasteiger partial charge in [0.1, 0.15) is 0 Å². The van der Waals surface area contributed by atoms with Crippen molar-refractivity contribution in [1.29, 1.82) is 0 Å². The molecule has 0 aromatic carbocycles. The topological polar surface area (TPSA) is 107 Å². The van der Waals surface area contributed by atoms with Gasteiger partial charge < -0.3 is 10.4 Å². The lowest BCUT2D eigenvalue weighted by molar-refractivity contribution is -0.117. The highest BCUT2D eigenvalue weighted by Crippen LogP contribution is 2.29. The van der Waals surface area contributed by atoms with Gasteiger partial charge in [-0.05, 0) is 40.3 Å². The normalized spacial score (nSPS) is 14.9. The maximum atomic E-state index is 11.7. The fourth-order valence-electron chi connectivity index (χ4n) is 1.94. The number of aliphatic hydroxyl groups excluding tert-OH is 1. The van der Waals surface area contributed by atoms with E-state index in [2.05, 4.69) is 11.9 Å². The van der Waals surface area contributed by atoms with E-state index in [9.17, 15) is 17.8 Å². The summed E-state index contributed by atoms with van der Waals surface area (Å²) in [6.07, 6.45) is 0.308. The van der Waals surface area contributed by atoms with Gasteiger partial charge in [0.25, 0.3) is 10.1 Å². The summed E-state index contributed by atoms with van der Waals surface area (Å²) in [6.45, 7) is 4.93. The van der Waals surface area contributed by atoms with E-state index in [1.165, 1.54) is 19.0 Å². The fourth-order valence-corrected chi connectivity index (χ4v) is 3.16. The summed E-state index contributed by atoms with van der Waals surface area (Å²) in [6, 6.07) is 0. The number of carbonyl (C=O) groups excluding carboxylic acids is 1. The summed E-state index contributed by atoms with van der Waals surface area (Å²) in [5.74, 6) is -0.366. The van der Waals surface area contributed by atoms with Gasteiger partial charge in [-0.1, -0.05) is 6.58 Å². The van der Waals surface area contributed by atoms with Crippen LogP contribution in [0.2, 0.25) is 0 Å². The molecular weight excluding hydrogens is 284 g/mol. The van der Waals surface area contributed by atoms with Gasteiger partial charge in [0.2, 0.25) is 5.91 Å². The lowest BCUT2D eigenvalue weighted by Crippen LogP contribution is -2.52. The molecule has 1 atom stereocenters. The molecule has 8 heteroatoms. The number of amides is 1. The highest BCUT2D eigenvalue weighted by Gasteiger charge is 2.44. The maximum Gasteiger partial charge on any atom is 0.284 e. The Balaban J connectivity index is 5.03. The van der Waals surface area contributed by atoms with E-state index >= 15 is 0 Å². The predicted octanol–water partition coefficient (Wildman–Crippen LogP) is -0.0130. The molecule has 7 nitrogen and oxygen atoms in total. The van der Waals surface area contributed by atoms with Gasteiger partial charge in [-0.3, -0.25) is 14.2 Å². The van der Waals surface area contributed by atoms with Gasteiger partial charge in [-0.15, -0.1) is 0 Å². The summed E-state index contributed by atoms with van der Waals surface area (Å²) in [5, 5.41) is 11.4. The maximum absolute atomic E-state index is 11.7. The lowest BCUT2D eigenvalue weighted by atomic mass is 10.1. The highest BCUT2D eigenvalue weighted by atomic mass is 32.2. The van der Waals surface area contributed by atoms with Crippen molar-refractivity contribution in [3.05, 3.63) is 12.2 Å². The van der Waals surface area contributed by atoms with Gasteiger partial charge in [-0.2, -0.15) is 8.42 Å². The van der Waals surface area contributed by atoms with E-state index in [1.54, 1.807) is 6.92 Å². The molecule has 0 spiro atoms. The van der Waals surface area contributed by atoms with Crippen molar-refractivity contribution in [2.45, 2.75) is 31.1 Å². The molecule has 0 aliphatic rings. The second kappa shape index (κ2) is 7.72. The second-order valence-electron chi connectivity index (χ2n) is 4.93. The summed E-state index contributed by atoms with van der Waals surface area (Å²) in [5.41, 5.74) is 0.322. The molecule has 0 aromatic heterocycles. The zero-order valence-corrected chi connectivity index (χ0v) is 13.0. The van der Waals surface area contributed by atoms with Crippen LogP contribution in [0.15, 0.2) is 12.2 Å². The van der Waals surface area contributed by atoms with Crippen LogP contribution >= 0.6 is 0 Å². The van der Waals surface area contributed by atoms with Gasteiger partial charge in [0.15, 0.2) is 4.87 Å². The SMILES string of the molecule is C=C(C)C(=O)NCCC(CCCO)(N(C)C)S(=O)(=O)O. The predicted molar refractivity (Wildman–Crippen MR) is 76.7 cm³/mol. The molecular formula is C12H24N2O5S. The quantitative estimate of drug-likeness (QED) is 0.408. The van der Waals surface area contributed by atoms with Crippen molar-refractivity contribution in [1.82, 2.24) is 10.2 Å². The van der Waals surface area contributed by atoms with Crippen LogP contribution in [-0.2, 0) is 14.9 Å². The van der Waals surface area contributed by atoms with E-state index < -0.39 is 15.0 Å². The Morgan fingerprint density at radius 3 is 2.25 bits per heavy atom. The summed E-state index contributed by atoms with van der Waals surface area (Å²) in [4.78, 5) is 11.3. The molecule has 0 aliphatic carbocycles. The molecule has 118 valence electrons. The van der Waals surface area contributed by atoms with Crippen molar-refractivity contribution in [2.75, 3.05) is 27.2 Å². The molecule has 20 heavy (non-hydrogen) atoms. The van der Waals surface area contributed by atoms with Crippen LogP contribution in [0.4, 0.5) is 0 Å². The summed E-state index contributed by atoms with van der Waals surface area (Å²) in [7, 11) is -1.31. The first-order valence-electron chi connectivity index (χ1n) is 6.27. The minimum Gasteiger partial charge on any atom is -0.396 e. The van der Waals surface area contributed by atoms with Crippen LogP contribution in [0.5, 0.6) is 0 Å². The monoisotopic (exact) mass is 308 g/mol. The Morgan fingerprint density at radius 2 is 1.90 bits per heavy atom. The van der Waals surface area contributed by atoms with Gasteiger partial charge in [0, 0.05) is 18.7 Å². The van der Waals surface area contributed by atoms with E-state index in [4.69, 9.17) is 5.11 Å². The summed E-state index contributed by atoms with van der Waals surface area (Å²) < 4.78 is 32.9. The molecule has 0 heterocycles. The number of nitrogens with zero attached hydrogens (tertiary/aromatic N) is 1. The molecule has 1 amide bonds. The van der Waals surface area contributed by atoms with Crippen molar-refractivity contribution >= 4 is 16.0 Å². The minimum atomic E-state index is -4.38. The smallest absolute Gasteiger partial charge is 0.284 e. The Bertz CT molecular complexity index is 447. The number of carbonyl (C=O) groups is 1. The van der Waals surface area contributed by atoms with Crippen molar-refractivity contribution < 1.29 is 22.9 Å². The number of rotatable bonds is 9. The number of hydrogen-bond acceptors (Lipinski definition) is 5. The lowest BCUT2D eigenvalue weighted by Gasteiger charge is -2.37. The molecule has 0 radical (unpaired) electrons. The van der Waals surface area contributed by atoms with Crippen LogP contribution in [0, 0.1) is 0 Å². The third kappa shape index (κ3) is 4.86. The van der Waals surface area contributed by atoms with Crippen LogP contribution in [0.1, 0.15) is 26.2 Å². The molecule has 0 aliphatic heterocycles. The van der Waals surface area contributed by atoms with Crippen LogP contribution < -0.4 is 5.32 Å². The minimum absolute atomic E-state index is 0.0118. The standard InChI is InChI=1S/C12H24N2O5S/c1-10(2)11(16)13-8-7-12(14(3)4,6-5-9-15)20(17,18)19/h15H,1,5-9H2,2-4H3,(H,13,16)(H,17,18,19). The van der Waals surface area contributed by atoms with Crippen molar-refractivity contribution in [2.24, 2.45) is 0 Å². The largest absolute Gasteiger partial charge is 0.396 e. The van der Waals surface area contributed by atoms with Crippen molar-refractivity contribution in [3.63, 3.8) is 0 Å². The van der Waals surface area contributed by atoms with Crippen molar-refractivity contribution in [3.8, 4) is 0 Å². The van der Waals surface area contributed by atoms with Gasteiger partial charge >= 0.3 is 0 Å². The number of nitrogens with one attached hydrogen (secondary N) is 1. The zero-order chi connectivity index (χ0) is 16.0. The third-order valence-corrected chi connectivity index (χ3v) is 4.94. The van der Waals surface area contributed by atoms with Gasteiger partial charge in [0.05, 0.1) is 0 Å². The van der Waals surface area contributed by atoms with E-state index in [0.29, 0.717) is 5.57 Å². The fraction of sp³-hybridized carbons (Fsp3) is 0.750. The Kier molecular flexibility index (Phi) is 7.35. The molecule has 0 saturated carbocycles. The Labute approximate surface area is 120 Å². The zero-order valence-electron chi connectivity index (χ0n) is 12.2. The first kappa shape index (κ1) is 19.0. The first-order chi connectivity index (χ1) is 9.08. The molecule has 1 unspecified atom stereocenters. The summed E-state index contributed by atoms with van der Waals surface area (Å²) >= 11 is 0. The number of hydrogen-bond donors (Lipinski definition) is 3. The molecule has 0 fully saturated rings. The third-order valence-electron chi connectivity index (χ3n) is 3.21. The molecule has 0 rings (SSSR count). The van der Waals surface area contributed by atoms with Crippen LogP contribution in [0.3, 0.4) is 0 Å². The van der Waals surface area contributed by atoms with Gasteiger partial charge in [-0.25, -0.2) is 0 Å². The van der Waals surface area contributed by atoms with E-state index in [-0.39, 0.29) is 38.3 Å². The van der Waals surface area contributed by atoms with E-state index in [1.807, 2.05) is 0 Å². The highest BCUT2D eigenvalue weighted by molar-refractivity contribution is 7.87. The average molecular weight is 308 g/mol. The van der Waals surface area contributed by atoms with E-state index in [0.717, 1.165) is 0 Å². The average Bonchev–Trinajstić information content (AvgIpc) is 2.30. The molecule has 0 saturated heterocycles. The first-order valence-corrected chi connectivity index (χ1v) is 7.71. The molecule has 3 N–H and O–H groups in total. The second-order valence-corrected chi connectivity index (χ2v) is 6.64. The molecule has 0 aromatic rings. The number of aliphatic hydroxyl groups is 1.